The third-order valence-electron chi connectivity index (χ3n) is 2.54. The molecule has 0 spiro atoms. The third kappa shape index (κ3) is 3.18. The molecule has 0 aromatic heterocycles. The average Bonchev–Trinajstić information content (AvgIpc) is 2.30. The van der Waals surface area contributed by atoms with Gasteiger partial charge >= 0.3 is 0 Å². The second kappa shape index (κ2) is 6.38. The Morgan fingerprint density at radius 1 is 1.40 bits per heavy atom. The Kier molecular flexibility index (Phi) is 5.08. The molecule has 1 rings (SSSR count). The summed E-state index contributed by atoms with van der Waals surface area (Å²) in [4.78, 5) is 0. The smallest absolute Gasteiger partial charge is 0.0884 e. The molecule has 0 aliphatic heterocycles. The number of methoxy groups -OCH3 is 1. The molecule has 15 heavy (non-hydrogen) atoms. The van der Waals surface area contributed by atoms with E-state index in [1.54, 1.807) is 7.11 Å². The van der Waals surface area contributed by atoms with Crippen LogP contribution in [0, 0.1) is 5.92 Å². The second-order valence-corrected chi connectivity index (χ2v) is 3.48. The first-order valence-corrected chi connectivity index (χ1v) is 5.14. The Morgan fingerprint density at radius 3 is 2.53 bits per heavy atom. The predicted molar refractivity (Wildman–Crippen MR) is 61.6 cm³/mol. The Morgan fingerprint density at radius 2 is 2.07 bits per heavy atom. The van der Waals surface area contributed by atoms with Gasteiger partial charge in [0.05, 0.1) is 6.10 Å². The molecule has 2 nitrogen and oxygen atoms in total. The van der Waals surface area contributed by atoms with E-state index >= 15 is 0 Å². The van der Waals surface area contributed by atoms with Gasteiger partial charge in [-0.3, -0.25) is 0 Å². The molecule has 0 aliphatic carbocycles. The lowest BCUT2D eigenvalue weighted by molar-refractivity contribution is 0.0584. The fourth-order valence-electron chi connectivity index (χ4n) is 1.74. The summed E-state index contributed by atoms with van der Waals surface area (Å²) >= 11 is 0. The molecule has 2 atom stereocenters. The van der Waals surface area contributed by atoms with Crippen LogP contribution in [0.5, 0.6) is 0 Å². The zero-order valence-corrected chi connectivity index (χ0v) is 9.10. The monoisotopic (exact) mass is 206 g/mol. The predicted octanol–water partition coefficient (Wildman–Crippen LogP) is 2.56. The number of rotatable bonds is 6. The van der Waals surface area contributed by atoms with Crippen molar-refractivity contribution >= 4 is 0 Å². The summed E-state index contributed by atoms with van der Waals surface area (Å²) in [5.74, 6) is 0.155. The highest BCUT2D eigenvalue weighted by Gasteiger charge is 2.19. The van der Waals surface area contributed by atoms with Crippen molar-refractivity contribution in [3.63, 3.8) is 0 Å². The second-order valence-electron chi connectivity index (χ2n) is 3.48. The lowest BCUT2D eigenvalue weighted by atomic mass is 9.93. The Hall–Kier alpha value is -1.12. The van der Waals surface area contributed by atoms with Gasteiger partial charge in [-0.2, -0.15) is 0 Å². The number of benzene rings is 1. The van der Waals surface area contributed by atoms with Gasteiger partial charge in [-0.1, -0.05) is 36.4 Å². The number of ether oxygens (including phenoxy) is 1. The summed E-state index contributed by atoms with van der Waals surface area (Å²) in [5.41, 5.74) is 1.12. The highest BCUT2D eigenvalue weighted by atomic mass is 16.5. The third-order valence-corrected chi connectivity index (χ3v) is 2.54. The van der Waals surface area contributed by atoms with E-state index in [4.69, 9.17) is 9.84 Å². The molecule has 0 heterocycles. The van der Waals surface area contributed by atoms with Gasteiger partial charge in [-0.25, -0.2) is 0 Å². The summed E-state index contributed by atoms with van der Waals surface area (Å²) in [6.07, 6.45) is 2.50. The van der Waals surface area contributed by atoms with Crippen LogP contribution in [0.2, 0.25) is 0 Å². The van der Waals surface area contributed by atoms with Gasteiger partial charge in [0.25, 0.3) is 0 Å². The van der Waals surface area contributed by atoms with Crippen LogP contribution in [0.15, 0.2) is 43.0 Å². The van der Waals surface area contributed by atoms with Crippen molar-refractivity contribution in [3.8, 4) is 0 Å². The summed E-state index contributed by atoms with van der Waals surface area (Å²) in [6, 6.07) is 10.0. The summed E-state index contributed by atoms with van der Waals surface area (Å²) in [5, 5.41) is 8.96. The van der Waals surface area contributed by atoms with Gasteiger partial charge in [-0.15, -0.1) is 6.58 Å². The molecule has 0 bridgehead atoms. The molecular formula is C13H18O2. The van der Waals surface area contributed by atoms with Crippen LogP contribution in [0.3, 0.4) is 0 Å². The van der Waals surface area contributed by atoms with Crippen molar-refractivity contribution in [2.24, 2.45) is 5.92 Å². The fraction of sp³-hybridized carbons (Fsp3) is 0.385. The normalized spacial score (nSPS) is 14.5. The zero-order chi connectivity index (χ0) is 11.1. The van der Waals surface area contributed by atoms with E-state index in [9.17, 15) is 0 Å². The van der Waals surface area contributed by atoms with Crippen LogP contribution in [-0.4, -0.2) is 18.8 Å². The highest BCUT2D eigenvalue weighted by molar-refractivity contribution is 5.19. The van der Waals surface area contributed by atoms with Crippen LogP contribution in [0.1, 0.15) is 18.1 Å². The number of hydrogen-bond donors (Lipinski definition) is 1. The summed E-state index contributed by atoms with van der Waals surface area (Å²) in [6.45, 7) is 3.94. The Labute approximate surface area is 91.2 Å². The summed E-state index contributed by atoms with van der Waals surface area (Å²) < 4.78 is 5.46. The molecule has 2 heteroatoms. The average molecular weight is 206 g/mol. The molecule has 0 radical (unpaired) electrons. The van der Waals surface area contributed by atoms with Crippen molar-refractivity contribution < 1.29 is 9.84 Å². The van der Waals surface area contributed by atoms with E-state index in [1.165, 1.54) is 0 Å². The molecule has 1 N–H and O–H groups in total. The molecule has 2 unspecified atom stereocenters. The van der Waals surface area contributed by atoms with Crippen LogP contribution in [0.25, 0.3) is 0 Å². The van der Waals surface area contributed by atoms with Gasteiger partial charge < -0.3 is 9.84 Å². The first-order valence-electron chi connectivity index (χ1n) is 5.14. The van der Waals surface area contributed by atoms with Gasteiger partial charge in [0.2, 0.25) is 0 Å². The zero-order valence-electron chi connectivity index (χ0n) is 9.10. The van der Waals surface area contributed by atoms with Crippen LogP contribution in [0.4, 0.5) is 0 Å². The maximum Gasteiger partial charge on any atom is 0.0884 e. The van der Waals surface area contributed by atoms with Gasteiger partial charge in [0.1, 0.15) is 0 Å². The highest BCUT2D eigenvalue weighted by Crippen LogP contribution is 2.28. The topological polar surface area (TPSA) is 29.5 Å². The van der Waals surface area contributed by atoms with Crippen LogP contribution < -0.4 is 0 Å². The van der Waals surface area contributed by atoms with Gasteiger partial charge in [0, 0.05) is 19.6 Å². The van der Waals surface area contributed by atoms with Crippen molar-refractivity contribution in [2.75, 3.05) is 13.7 Å². The lowest BCUT2D eigenvalue weighted by Crippen LogP contribution is -2.14. The Balaban J connectivity index is 2.82. The van der Waals surface area contributed by atoms with E-state index in [2.05, 4.69) is 6.58 Å². The SMILES string of the molecule is C=CC(CCO)C(OC)c1ccccc1. The van der Waals surface area contributed by atoms with Crippen LogP contribution in [-0.2, 0) is 4.74 Å². The quantitative estimate of drug-likeness (QED) is 0.725. The minimum absolute atomic E-state index is 0.0177. The minimum atomic E-state index is -0.0177. The molecule has 0 amide bonds. The first kappa shape index (κ1) is 12.0. The van der Waals surface area contributed by atoms with E-state index in [1.807, 2.05) is 36.4 Å². The largest absolute Gasteiger partial charge is 0.396 e. The van der Waals surface area contributed by atoms with Crippen molar-refractivity contribution in [2.45, 2.75) is 12.5 Å². The minimum Gasteiger partial charge on any atom is -0.396 e. The Bertz CT molecular complexity index is 282. The van der Waals surface area contributed by atoms with Crippen molar-refractivity contribution in [1.82, 2.24) is 0 Å². The van der Waals surface area contributed by atoms with E-state index in [0.717, 1.165) is 5.56 Å². The molecule has 1 aromatic rings. The van der Waals surface area contributed by atoms with Crippen molar-refractivity contribution in [1.29, 1.82) is 0 Å². The van der Waals surface area contributed by atoms with E-state index < -0.39 is 0 Å². The molecule has 0 saturated heterocycles. The maximum atomic E-state index is 8.96. The van der Waals surface area contributed by atoms with Crippen LogP contribution >= 0.6 is 0 Å². The fourth-order valence-corrected chi connectivity index (χ4v) is 1.74. The van der Waals surface area contributed by atoms with Gasteiger partial charge in [0.15, 0.2) is 0 Å². The maximum absolute atomic E-state index is 8.96. The molecular weight excluding hydrogens is 188 g/mol. The summed E-state index contributed by atoms with van der Waals surface area (Å²) in [7, 11) is 1.69. The van der Waals surface area contributed by atoms with E-state index in [0.29, 0.717) is 6.42 Å². The molecule has 82 valence electrons. The number of hydrogen-bond acceptors (Lipinski definition) is 2. The first-order chi connectivity index (χ1) is 7.33. The molecule has 0 saturated carbocycles. The molecule has 0 aliphatic rings. The number of aliphatic hydroxyl groups is 1. The number of aliphatic hydroxyl groups excluding tert-OH is 1. The van der Waals surface area contributed by atoms with Crippen molar-refractivity contribution in [3.05, 3.63) is 48.6 Å². The molecule has 1 aromatic carbocycles. The van der Waals surface area contributed by atoms with E-state index in [-0.39, 0.29) is 18.6 Å². The standard InChI is InChI=1S/C13H18O2/c1-3-11(9-10-14)13(15-2)12-7-5-4-6-8-12/h3-8,11,13-14H,1,9-10H2,2H3. The van der Waals surface area contributed by atoms with Gasteiger partial charge in [-0.05, 0) is 12.0 Å². The molecule has 0 fully saturated rings. The lowest BCUT2D eigenvalue weighted by Gasteiger charge is -2.23.